The molecule has 16 heavy (non-hydrogen) atoms. The molecule has 1 aliphatic rings. The molecule has 1 aromatic carbocycles. The van der Waals surface area contributed by atoms with Gasteiger partial charge in [0.25, 0.3) is 0 Å². The molecular formula is C12H11NO3. The first-order valence-electron chi connectivity index (χ1n) is 5.35. The quantitative estimate of drug-likeness (QED) is 0.735. The van der Waals surface area contributed by atoms with Crippen LogP contribution in [0.4, 0.5) is 0 Å². The number of rotatable bonds is 0. The summed E-state index contributed by atoms with van der Waals surface area (Å²) in [5.41, 5.74) is 2.85. The van der Waals surface area contributed by atoms with Crippen LogP contribution in [0.2, 0.25) is 0 Å². The lowest BCUT2D eigenvalue weighted by atomic mass is 9.83. The Bertz CT molecular complexity index is 635. The van der Waals surface area contributed by atoms with E-state index in [0.29, 0.717) is 29.0 Å². The number of hydrogen-bond donors (Lipinski definition) is 1. The number of aromatic amines is 1. The minimum Gasteiger partial charge on any atom is -0.408 e. The highest BCUT2D eigenvalue weighted by atomic mass is 16.4. The second-order valence-electron chi connectivity index (χ2n) is 4.31. The zero-order valence-corrected chi connectivity index (χ0v) is 8.87. The number of aromatic nitrogens is 1. The molecule has 1 aromatic heterocycles. The molecule has 0 aliphatic heterocycles. The van der Waals surface area contributed by atoms with Gasteiger partial charge >= 0.3 is 5.76 Å². The maximum Gasteiger partial charge on any atom is 0.417 e. The predicted octanol–water partition coefficient (Wildman–Crippen LogP) is 2.20. The number of fused-ring (bicyclic) bond motifs is 2. The molecule has 1 N–H and O–H groups in total. The van der Waals surface area contributed by atoms with E-state index in [4.69, 9.17) is 4.42 Å². The van der Waals surface area contributed by atoms with Crippen LogP contribution in [-0.4, -0.2) is 10.8 Å². The van der Waals surface area contributed by atoms with Gasteiger partial charge in [-0.25, -0.2) is 4.79 Å². The molecule has 4 heteroatoms. The van der Waals surface area contributed by atoms with Crippen LogP contribution < -0.4 is 5.76 Å². The lowest BCUT2D eigenvalue weighted by Crippen LogP contribution is -2.13. The van der Waals surface area contributed by atoms with Gasteiger partial charge in [0.2, 0.25) is 0 Å². The molecule has 4 nitrogen and oxygen atoms in total. The van der Waals surface area contributed by atoms with Crippen molar-refractivity contribution in [2.24, 2.45) is 0 Å². The highest BCUT2D eigenvalue weighted by Gasteiger charge is 2.24. The Morgan fingerprint density at radius 2 is 2.19 bits per heavy atom. The van der Waals surface area contributed by atoms with Crippen LogP contribution in [0.5, 0.6) is 0 Å². The molecule has 0 amide bonds. The molecule has 1 atom stereocenters. The Morgan fingerprint density at radius 3 is 3.00 bits per heavy atom. The van der Waals surface area contributed by atoms with Crippen molar-refractivity contribution in [1.82, 2.24) is 4.98 Å². The molecule has 0 saturated carbocycles. The van der Waals surface area contributed by atoms with Crippen molar-refractivity contribution >= 4 is 16.9 Å². The van der Waals surface area contributed by atoms with E-state index >= 15 is 0 Å². The normalized spacial score (nSPS) is 20.1. The SMILES string of the molecule is CC1CCC(=O)c2cc3oc(=O)[nH]c3cc21. The topological polar surface area (TPSA) is 63.1 Å². The summed E-state index contributed by atoms with van der Waals surface area (Å²) in [6.45, 7) is 2.09. The summed E-state index contributed by atoms with van der Waals surface area (Å²) in [5.74, 6) is 0.0202. The van der Waals surface area contributed by atoms with Gasteiger partial charge < -0.3 is 4.42 Å². The van der Waals surface area contributed by atoms with Crippen molar-refractivity contribution in [3.05, 3.63) is 33.8 Å². The van der Waals surface area contributed by atoms with Crippen LogP contribution >= 0.6 is 0 Å². The molecule has 2 aromatic rings. The van der Waals surface area contributed by atoms with E-state index in [2.05, 4.69) is 11.9 Å². The third kappa shape index (κ3) is 1.23. The van der Waals surface area contributed by atoms with Gasteiger partial charge in [-0.1, -0.05) is 6.92 Å². The van der Waals surface area contributed by atoms with Gasteiger partial charge in [-0.05, 0) is 30.0 Å². The van der Waals surface area contributed by atoms with Crippen LogP contribution in [0.1, 0.15) is 41.6 Å². The standard InChI is InChI=1S/C12H11NO3/c1-6-2-3-10(14)8-5-11-9(4-7(6)8)13-12(15)16-11/h4-6H,2-3H2,1H3,(H,13,15). The number of ketones is 1. The van der Waals surface area contributed by atoms with E-state index in [1.807, 2.05) is 6.07 Å². The Kier molecular flexibility index (Phi) is 1.80. The van der Waals surface area contributed by atoms with E-state index in [0.717, 1.165) is 12.0 Å². The van der Waals surface area contributed by atoms with E-state index in [9.17, 15) is 9.59 Å². The molecule has 0 saturated heterocycles. The number of Topliss-reactive ketones (excluding diaryl/α,β-unsaturated/α-hetero) is 1. The summed E-state index contributed by atoms with van der Waals surface area (Å²) in [6.07, 6.45) is 1.45. The van der Waals surface area contributed by atoms with Gasteiger partial charge in [-0.2, -0.15) is 0 Å². The number of H-pyrrole nitrogens is 1. The molecule has 0 bridgehead atoms. The summed E-state index contributed by atoms with van der Waals surface area (Å²) in [4.78, 5) is 25.4. The Hall–Kier alpha value is -1.84. The third-order valence-electron chi connectivity index (χ3n) is 3.23. The van der Waals surface area contributed by atoms with Crippen LogP contribution in [0.3, 0.4) is 0 Å². The van der Waals surface area contributed by atoms with Crippen LogP contribution in [0.25, 0.3) is 11.1 Å². The number of hydrogen-bond acceptors (Lipinski definition) is 3. The highest BCUT2D eigenvalue weighted by Crippen LogP contribution is 2.33. The molecule has 0 radical (unpaired) electrons. The molecule has 0 fully saturated rings. The Balaban J connectivity index is 2.36. The number of nitrogens with one attached hydrogen (secondary N) is 1. The Labute approximate surface area is 91.3 Å². The summed E-state index contributed by atoms with van der Waals surface area (Å²) in [7, 11) is 0. The van der Waals surface area contributed by atoms with Crippen LogP contribution in [0, 0.1) is 0 Å². The van der Waals surface area contributed by atoms with Gasteiger partial charge in [0.15, 0.2) is 11.4 Å². The summed E-state index contributed by atoms with van der Waals surface area (Å²) in [5, 5.41) is 0. The minimum absolute atomic E-state index is 0.138. The van der Waals surface area contributed by atoms with Crippen LogP contribution in [0.15, 0.2) is 21.3 Å². The average Bonchev–Trinajstić information content (AvgIpc) is 2.61. The van der Waals surface area contributed by atoms with E-state index in [1.165, 1.54) is 0 Å². The summed E-state index contributed by atoms with van der Waals surface area (Å²) in [6, 6.07) is 3.54. The maximum atomic E-state index is 11.8. The van der Waals surface area contributed by atoms with Gasteiger partial charge in [0.1, 0.15) is 0 Å². The molecule has 1 unspecified atom stereocenters. The zero-order chi connectivity index (χ0) is 11.3. The molecule has 3 rings (SSSR count). The summed E-state index contributed by atoms with van der Waals surface area (Å²) < 4.78 is 4.95. The predicted molar refractivity (Wildman–Crippen MR) is 58.8 cm³/mol. The third-order valence-corrected chi connectivity index (χ3v) is 3.23. The van der Waals surface area contributed by atoms with E-state index in [1.54, 1.807) is 6.07 Å². The van der Waals surface area contributed by atoms with Crippen molar-refractivity contribution in [3.63, 3.8) is 0 Å². The Morgan fingerprint density at radius 1 is 1.38 bits per heavy atom. The monoisotopic (exact) mass is 217 g/mol. The molecular weight excluding hydrogens is 206 g/mol. The first-order valence-corrected chi connectivity index (χ1v) is 5.35. The minimum atomic E-state index is -0.475. The second-order valence-corrected chi connectivity index (χ2v) is 4.31. The fourth-order valence-corrected chi connectivity index (χ4v) is 2.30. The van der Waals surface area contributed by atoms with E-state index in [-0.39, 0.29) is 5.78 Å². The molecule has 1 aliphatic carbocycles. The largest absolute Gasteiger partial charge is 0.417 e. The number of carbonyl (C=O) groups excluding carboxylic acids is 1. The van der Waals surface area contributed by atoms with Gasteiger partial charge in [-0.3, -0.25) is 9.78 Å². The first kappa shape index (κ1) is 9.39. The maximum absolute atomic E-state index is 11.8. The van der Waals surface area contributed by atoms with Crippen LogP contribution in [-0.2, 0) is 0 Å². The number of benzene rings is 1. The van der Waals surface area contributed by atoms with Gasteiger partial charge in [0.05, 0.1) is 5.52 Å². The smallest absolute Gasteiger partial charge is 0.408 e. The van der Waals surface area contributed by atoms with Crippen molar-refractivity contribution in [1.29, 1.82) is 0 Å². The number of oxazole rings is 1. The van der Waals surface area contributed by atoms with Crippen molar-refractivity contribution in [2.45, 2.75) is 25.7 Å². The first-order chi connectivity index (χ1) is 7.65. The second kappa shape index (κ2) is 3.07. The van der Waals surface area contributed by atoms with Gasteiger partial charge in [0, 0.05) is 12.0 Å². The number of carbonyl (C=O) groups is 1. The molecule has 82 valence electrons. The zero-order valence-electron chi connectivity index (χ0n) is 8.87. The summed E-state index contributed by atoms with van der Waals surface area (Å²) >= 11 is 0. The van der Waals surface area contributed by atoms with Crippen molar-refractivity contribution < 1.29 is 9.21 Å². The molecule has 0 spiro atoms. The fourth-order valence-electron chi connectivity index (χ4n) is 2.30. The molecule has 1 heterocycles. The lowest BCUT2D eigenvalue weighted by molar-refractivity contribution is 0.0968. The van der Waals surface area contributed by atoms with Crippen molar-refractivity contribution in [2.75, 3.05) is 0 Å². The lowest BCUT2D eigenvalue weighted by Gasteiger charge is -2.20. The van der Waals surface area contributed by atoms with E-state index < -0.39 is 5.76 Å². The average molecular weight is 217 g/mol. The fraction of sp³-hybridized carbons (Fsp3) is 0.333. The highest BCUT2D eigenvalue weighted by molar-refractivity contribution is 6.01. The van der Waals surface area contributed by atoms with Crippen molar-refractivity contribution in [3.8, 4) is 0 Å². The van der Waals surface area contributed by atoms with Gasteiger partial charge in [-0.15, -0.1) is 0 Å².